The molecule has 0 aromatic heterocycles. The Morgan fingerprint density at radius 2 is 1.63 bits per heavy atom. The van der Waals surface area contributed by atoms with E-state index in [1.807, 2.05) is 38.1 Å². The van der Waals surface area contributed by atoms with Crippen LogP contribution in [0.15, 0.2) is 48.5 Å². The Balaban J connectivity index is 1.58. The van der Waals surface area contributed by atoms with E-state index >= 15 is 0 Å². The third kappa shape index (κ3) is 6.41. The van der Waals surface area contributed by atoms with Crippen LogP contribution in [0.25, 0.3) is 11.1 Å². The lowest BCUT2D eigenvalue weighted by molar-refractivity contribution is -0.138. The number of carboxylic acid groups (broad SMARTS) is 1. The first-order chi connectivity index (χ1) is 16.8. The second kappa shape index (κ2) is 11.9. The van der Waals surface area contributed by atoms with E-state index in [9.17, 15) is 19.5 Å². The molecule has 2 atom stereocenters. The van der Waals surface area contributed by atoms with Crippen LogP contribution < -0.4 is 10.6 Å². The molecule has 0 fully saturated rings. The number of unbranched alkanes of at least 4 members (excludes halogenated alkanes) is 1. The van der Waals surface area contributed by atoms with Crippen LogP contribution >= 0.6 is 0 Å². The Morgan fingerprint density at radius 3 is 2.17 bits per heavy atom. The summed E-state index contributed by atoms with van der Waals surface area (Å²) >= 11 is 0. The average molecular weight is 481 g/mol. The van der Waals surface area contributed by atoms with Crippen molar-refractivity contribution in [2.24, 2.45) is 5.41 Å². The third-order valence-corrected chi connectivity index (χ3v) is 6.96. The molecule has 1 aliphatic carbocycles. The van der Waals surface area contributed by atoms with Crippen molar-refractivity contribution in [3.8, 4) is 11.1 Å². The summed E-state index contributed by atoms with van der Waals surface area (Å²) in [6.45, 7) is 5.96. The highest BCUT2D eigenvalue weighted by Gasteiger charge is 2.34. The third-order valence-electron chi connectivity index (χ3n) is 6.96. The normalized spacial score (nSPS) is 14.8. The molecule has 3 rings (SSSR count). The summed E-state index contributed by atoms with van der Waals surface area (Å²) in [5, 5.41) is 14.8. The van der Waals surface area contributed by atoms with Gasteiger partial charge in [0.05, 0.1) is 11.8 Å². The molecule has 2 aromatic rings. The number of carbonyl (C=O) groups is 3. The van der Waals surface area contributed by atoms with E-state index in [4.69, 9.17) is 4.74 Å². The lowest BCUT2D eigenvalue weighted by atomic mass is 9.85. The van der Waals surface area contributed by atoms with Gasteiger partial charge in [0.2, 0.25) is 5.91 Å². The molecule has 2 aromatic carbocycles. The number of benzene rings is 2. The Morgan fingerprint density at radius 1 is 1.03 bits per heavy atom. The largest absolute Gasteiger partial charge is 0.481 e. The molecule has 188 valence electrons. The number of amides is 2. The van der Waals surface area contributed by atoms with Crippen LogP contribution in [0.2, 0.25) is 0 Å². The Hall–Kier alpha value is -3.35. The molecule has 0 heterocycles. The minimum Gasteiger partial charge on any atom is -0.481 e. The van der Waals surface area contributed by atoms with Crippen molar-refractivity contribution in [3.05, 3.63) is 59.7 Å². The fraction of sp³-hybridized carbons (Fsp3) is 0.464. The molecule has 0 radical (unpaired) electrons. The molecule has 7 heteroatoms. The van der Waals surface area contributed by atoms with Crippen LogP contribution in [-0.4, -0.2) is 42.3 Å². The number of rotatable bonds is 12. The zero-order valence-electron chi connectivity index (χ0n) is 20.8. The number of nitrogens with one attached hydrogen (secondary N) is 2. The van der Waals surface area contributed by atoms with Gasteiger partial charge in [-0.3, -0.25) is 9.59 Å². The van der Waals surface area contributed by atoms with Crippen LogP contribution in [-0.2, 0) is 14.3 Å². The molecule has 1 unspecified atom stereocenters. The molecule has 7 nitrogen and oxygen atoms in total. The second-order valence-corrected chi connectivity index (χ2v) is 9.50. The first kappa shape index (κ1) is 26.3. The van der Waals surface area contributed by atoms with Gasteiger partial charge in [0, 0.05) is 18.5 Å². The number of aliphatic carboxylic acids is 1. The second-order valence-electron chi connectivity index (χ2n) is 9.50. The number of carbonyl (C=O) groups excluding carboxylic acids is 2. The van der Waals surface area contributed by atoms with E-state index in [0.29, 0.717) is 12.8 Å². The molecule has 0 aliphatic heterocycles. The van der Waals surface area contributed by atoms with Crippen LogP contribution in [0.3, 0.4) is 0 Å². The maximum atomic E-state index is 13.0. The smallest absolute Gasteiger partial charge is 0.407 e. The van der Waals surface area contributed by atoms with Gasteiger partial charge in [-0.2, -0.15) is 0 Å². The Kier molecular flexibility index (Phi) is 8.90. The minimum atomic E-state index is -0.943. The van der Waals surface area contributed by atoms with Crippen molar-refractivity contribution in [1.29, 1.82) is 0 Å². The predicted octanol–water partition coefficient (Wildman–Crippen LogP) is 5.09. The molecule has 0 saturated carbocycles. The van der Waals surface area contributed by atoms with Gasteiger partial charge in [-0.1, -0.05) is 75.2 Å². The standard InChI is InChI=1S/C28H36N2O5/c1-4-6-11-19(16-25(31)32)30-26(33)28(3,5-2)18-29-27(34)35-17-24-22-14-9-7-12-20(22)21-13-8-10-15-23(21)24/h7-10,12-15,19,24H,4-6,11,16-18H2,1-3H3,(H,29,34)(H,30,33)(H,31,32)/t19-,28?/m1/s1. The van der Waals surface area contributed by atoms with Gasteiger partial charge >= 0.3 is 12.1 Å². The summed E-state index contributed by atoms with van der Waals surface area (Å²) in [6.07, 6.45) is 2.14. The number of alkyl carbamates (subject to hydrolysis) is 1. The maximum absolute atomic E-state index is 13.0. The molecule has 0 saturated heterocycles. The van der Waals surface area contributed by atoms with Crippen LogP contribution in [0.5, 0.6) is 0 Å². The van der Waals surface area contributed by atoms with Gasteiger partial charge in [-0.05, 0) is 42.0 Å². The number of hydrogen-bond acceptors (Lipinski definition) is 4. The summed E-state index contributed by atoms with van der Waals surface area (Å²) in [4.78, 5) is 36.8. The van der Waals surface area contributed by atoms with Crippen LogP contribution in [0.1, 0.15) is 69.9 Å². The van der Waals surface area contributed by atoms with Gasteiger partial charge in [0.1, 0.15) is 6.61 Å². The van der Waals surface area contributed by atoms with Gasteiger partial charge < -0.3 is 20.5 Å². The molecule has 35 heavy (non-hydrogen) atoms. The van der Waals surface area contributed by atoms with E-state index in [1.165, 1.54) is 0 Å². The zero-order chi connectivity index (χ0) is 25.4. The highest BCUT2D eigenvalue weighted by Crippen LogP contribution is 2.44. The minimum absolute atomic E-state index is 0.0376. The quantitative estimate of drug-likeness (QED) is 0.392. The molecule has 3 N–H and O–H groups in total. The van der Waals surface area contributed by atoms with Crippen molar-refractivity contribution in [2.45, 2.75) is 64.8 Å². The van der Waals surface area contributed by atoms with E-state index in [-0.39, 0.29) is 31.4 Å². The van der Waals surface area contributed by atoms with Crippen LogP contribution in [0.4, 0.5) is 4.79 Å². The van der Waals surface area contributed by atoms with Crippen molar-refractivity contribution in [2.75, 3.05) is 13.2 Å². The van der Waals surface area contributed by atoms with E-state index in [2.05, 4.69) is 34.9 Å². The fourth-order valence-corrected chi connectivity index (χ4v) is 4.53. The van der Waals surface area contributed by atoms with Crippen molar-refractivity contribution in [1.82, 2.24) is 10.6 Å². The highest BCUT2D eigenvalue weighted by molar-refractivity contribution is 5.84. The summed E-state index contributed by atoms with van der Waals surface area (Å²) in [7, 11) is 0. The molecule has 0 spiro atoms. The first-order valence-corrected chi connectivity index (χ1v) is 12.4. The fourth-order valence-electron chi connectivity index (χ4n) is 4.53. The summed E-state index contributed by atoms with van der Waals surface area (Å²) in [6, 6.07) is 15.8. The number of ether oxygens (including phenoxy) is 1. The Labute approximate surface area is 207 Å². The molecular weight excluding hydrogens is 444 g/mol. The van der Waals surface area contributed by atoms with Crippen LogP contribution in [0, 0.1) is 5.41 Å². The maximum Gasteiger partial charge on any atom is 0.407 e. The average Bonchev–Trinajstić information content (AvgIpc) is 3.17. The first-order valence-electron chi connectivity index (χ1n) is 12.4. The van der Waals surface area contributed by atoms with Gasteiger partial charge in [-0.25, -0.2) is 4.79 Å². The number of fused-ring (bicyclic) bond motifs is 3. The summed E-state index contributed by atoms with van der Waals surface area (Å²) < 4.78 is 5.59. The number of hydrogen-bond donors (Lipinski definition) is 3. The lowest BCUT2D eigenvalue weighted by Crippen LogP contribution is -2.49. The lowest BCUT2D eigenvalue weighted by Gasteiger charge is -2.29. The van der Waals surface area contributed by atoms with E-state index in [1.54, 1.807) is 6.92 Å². The van der Waals surface area contributed by atoms with Crippen molar-refractivity contribution < 1.29 is 24.2 Å². The molecule has 2 amide bonds. The topological polar surface area (TPSA) is 105 Å². The Bertz CT molecular complexity index is 1010. The van der Waals surface area contributed by atoms with E-state index < -0.39 is 23.5 Å². The SMILES string of the molecule is CCCC[C@H](CC(=O)O)NC(=O)C(C)(CC)CNC(=O)OCC1c2ccccc2-c2ccccc21. The number of carboxylic acids is 1. The van der Waals surface area contributed by atoms with Crippen molar-refractivity contribution >= 4 is 18.0 Å². The summed E-state index contributed by atoms with van der Waals surface area (Å²) in [5.74, 6) is -1.24. The van der Waals surface area contributed by atoms with Gasteiger partial charge in [-0.15, -0.1) is 0 Å². The predicted molar refractivity (Wildman–Crippen MR) is 135 cm³/mol. The monoisotopic (exact) mass is 480 g/mol. The highest BCUT2D eigenvalue weighted by atomic mass is 16.5. The van der Waals surface area contributed by atoms with Crippen molar-refractivity contribution in [3.63, 3.8) is 0 Å². The molecular formula is C28H36N2O5. The molecule has 0 bridgehead atoms. The van der Waals surface area contributed by atoms with Gasteiger partial charge in [0.25, 0.3) is 0 Å². The van der Waals surface area contributed by atoms with Gasteiger partial charge in [0.15, 0.2) is 0 Å². The molecule has 1 aliphatic rings. The van der Waals surface area contributed by atoms with E-state index in [0.717, 1.165) is 35.1 Å². The summed E-state index contributed by atoms with van der Waals surface area (Å²) in [5.41, 5.74) is 3.71. The zero-order valence-corrected chi connectivity index (χ0v) is 20.8.